The van der Waals surface area contributed by atoms with Crippen LogP contribution in [0.25, 0.3) is 10.9 Å². The maximum absolute atomic E-state index is 13.2. The molecule has 1 amide bonds. The van der Waals surface area contributed by atoms with Gasteiger partial charge < -0.3 is 5.32 Å². The van der Waals surface area contributed by atoms with Crippen LogP contribution in [-0.2, 0) is 22.7 Å². The smallest absolute Gasteiger partial charge is 0.256 e. The van der Waals surface area contributed by atoms with E-state index in [9.17, 15) is 13.2 Å². The molecule has 0 spiro atoms. The molecule has 0 fully saturated rings. The fourth-order valence-corrected chi connectivity index (χ4v) is 4.27. The van der Waals surface area contributed by atoms with Crippen molar-refractivity contribution in [3.63, 3.8) is 0 Å². The highest BCUT2D eigenvalue weighted by atomic mass is 32.2. The molecule has 0 radical (unpaired) electrons. The Kier molecular flexibility index (Phi) is 4.23. The number of aryl methyl sites for hydroxylation is 2. The number of carbonyl (C=O) groups excluding carboxylic acids is 1. The average Bonchev–Trinajstić information content (AvgIpc) is 3.08. The van der Waals surface area contributed by atoms with E-state index in [-0.39, 0.29) is 10.8 Å². The first-order chi connectivity index (χ1) is 12.8. The number of benzene rings is 2. The summed E-state index contributed by atoms with van der Waals surface area (Å²) in [4.78, 5) is 18.1. The van der Waals surface area contributed by atoms with E-state index in [0.29, 0.717) is 11.3 Å². The molecule has 1 aliphatic carbocycles. The van der Waals surface area contributed by atoms with E-state index in [1.165, 1.54) is 6.07 Å². The van der Waals surface area contributed by atoms with E-state index in [1.54, 1.807) is 12.1 Å². The van der Waals surface area contributed by atoms with E-state index >= 15 is 0 Å². The fourth-order valence-electron chi connectivity index (χ4n) is 3.62. The second kappa shape index (κ2) is 6.46. The van der Waals surface area contributed by atoms with Crippen LogP contribution in [0.3, 0.4) is 0 Å². The number of hydrogen-bond acceptors (Lipinski definition) is 4. The number of sulfone groups is 1. The number of rotatable bonds is 3. The number of aromatic nitrogens is 1. The summed E-state index contributed by atoms with van der Waals surface area (Å²) >= 11 is 0. The van der Waals surface area contributed by atoms with Crippen molar-refractivity contribution < 1.29 is 13.2 Å². The lowest BCUT2D eigenvalue weighted by atomic mass is 10.0. The van der Waals surface area contributed by atoms with Gasteiger partial charge in [-0.05, 0) is 55.5 Å². The zero-order valence-corrected chi connectivity index (χ0v) is 16.1. The number of nitrogens with zero attached hydrogens (tertiary/aromatic N) is 1. The summed E-state index contributed by atoms with van der Waals surface area (Å²) < 4.78 is 23.7. The topological polar surface area (TPSA) is 76.1 Å². The number of hydrogen-bond donors (Lipinski definition) is 1. The number of pyridine rings is 1. The third kappa shape index (κ3) is 3.21. The molecule has 0 saturated heterocycles. The molecule has 1 aromatic heterocycles. The molecule has 0 aliphatic heterocycles. The summed E-state index contributed by atoms with van der Waals surface area (Å²) in [6.45, 7) is 1.84. The summed E-state index contributed by atoms with van der Waals surface area (Å²) in [5.74, 6) is -0.222. The van der Waals surface area contributed by atoms with Gasteiger partial charge in [-0.3, -0.25) is 9.78 Å². The summed E-state index contributed by atoms with van der Waals surface area (Å²) in [6, 6.07) is 12.4. The Hall–Kier alpha value is -2.73. The molecule has 6 heteroatoms. The number of nitrogens with one attached hydrogen (secondary N) is 1. The van der Waals surface area contributed by atoms with Crippen LogP contribution in [0.2, 0.25) is 0 Å². The fraction of sp³-hybridized carbons (Fsp3) is 0.238. The molecule has 3 aromatic rings. The average molecular weight is 380 g/mol. The summed E-state index contributed by atoms with van der Waals surface area (Å²) in [5, 5.41) is 3.76. The van der Waals surface area contributed by atoms with Gasteiger partial charge in [-0.1, -0.05) is 24.3 Å². The Morgan fingerprint density at radius 3 is 2.67 bits per heavy atom. The van der Waals surface area contributed by atoms with E-state index in [2.05, 4.69) is 5.32 Å². The van der Waals surface area contributed by atoms with E-state index in [1.807, 2.05) is 31.2 Å². The first kappa shape index (κ1) is 17.7. The molecule has 1 N–H and O–H groups in total. The molecular weight excluding hydrogens is 360 g/mol. The van der Waals surface area contributed by atoms with Crippen LogP contribution in [0.5, 0.6) is 0 Å². The van der Waals surface area contributed by atoms with Gasteiger partial charge in [0.25, 0.3) is 5.91 Å². The quantitative estimate of drug-likeness (QED) is 0.752. The lowest BCUT2D eigenvalue weighted by Gasteiger charge is -2.14. The lowest BCUT2D eigenvalue weighted by Crippen LogP contribution is -2.16. The summed E-state index contributed by atoms with van der Waals surface area (Å²) in [5.41, 5.74) is 4.77. The number of carbonyl (C=O) groups is 1. The monoisotopic (exact) mass is 380 g/mol. The van der Waals surface area contributed by atoms with E-state index in [4.69, 9.17) is 4.98 Å². The largest absolute Gasteiger partial charge is 0.322 e. The number of para-hydroxylation sites is 1. The van der Waals surface area contributed by atoms with Crippen LogP contribution in [0.15, 0.2) is 47.4 Å². The van der Waals surface area contributed by atoms with Crippen molar-refractivity contribution in [2.75, 3.05) is 11.6 Å². The first-order valence-electron chi connectivity index (χ1n) is 8.87. The third-order valence-electron chi connectivity index (χ3n) is 5.03. The lowest BCUT2D eigenvalue weighted by molar-refractivity contribution is 0.102. The van der Waals surface area contributed by atoms with Gasteiger partial charge in [0.15, 0.2) is 9.84 Å². The Labute approximate surface area is 158 Å². The zero-order chi connectivity index (χ0) is 19.2. The Morgan fingerprint density at radius 2 is 1.89 bits per heavy atom. The minimum absolute atomic E-state index is 0.188. The molecule has 0 saturated carbocycles. The minimum atomic E-state index is -3.35. The van der Waals surface area contributed by atoms with Crippen molar-refractivity contribution in [2.24, 2.45) is 0 Å². The van der Waals surface area contributed by atoms with Gasteiger partial charge in [-0.15, -0.1) is 0 Å². The van der Waals surface area contributed by atoms with Gasteiger partial charge in [0.2, 0.25) is 0 Å². The number of anilines is 1. The second-order valence-corrected chi connectivity index (χ2v) is 9.00. The predicted molar refractivity (Wildman–Crippen MR) is 106 cm³/mol. The predicted octanol–water partition coefficient (Wildman–Crippen LogP) is 3.69. The van der Waals surface area contributed by atoms with E-state index in [0.717, 1.165) is 53.2 Å². The van der Waals surface area contributed by atoms with Gasteiger partial charge in [-0.25, -0.2) is 8.42 Å². The Morgan fingerprint density at radius 1 is 1.11 bits per heavy atom. The summed E-state index contributed by atoms with van der Waals surface area (Å²) in [7, 11) is -3.35. The molecule has 4 rings (SSSR count). The Bertz CT molecular complexity index is 1180. The van der Waals surface area contributed by atoms with Crippen molar-refractivity contribution in [1.82, 2.24) is 4.98 Å². The zero-order valence-electron chi connectivity index (χ0n) is 15.2. The van der Waals surface area contributed by atoms with Crippen LogP contribution in [-0.4, -0.2) is 25.6 Å². The van der Waals surface area contributed by atoms with Gasteiger partial charge in [0.05, 0.1) is 16.0 Å². The maximum Gasteiger partial charge on any atom is 0.256 e. The Balaban J connectivity index is 1.81. The van der Waals surface area contributed by atoms with Crippen LogP contribution in [0.1, 0.15) is 33.6 Å². The summed E-state index contributed by atoms with van der Waals surface area (Å²) in [6.07, 6.45) is 3.86. The molecule has 27 heavy (non-hydrogen) atoms. The van der Waals surface area contributed by atoms with Crippen molar-refractivity contribution in [1.29, 1.82) is 0 Å². The minimum Gasteiger partial charge on any atom is -0.322 e. The van der Waals surface area contributed by atoms with Gasteiger partial charge in [0, 0.05) is 23.0 Å². The van der Waals surface area contributed by atoms with Crippen LogP contribution < -0.4 is 5.32 Å². The van der Waals surface area contributed by atoms with Crippen molar-refractivity contribution in [2.45, 2.75) is 31.1 Å². The number of fused-ring (bicyclic) bond motifs is 2. The molecule has 0 atom stereocenters. The van der Waals surface area contributed by atoms with Crippen molar-refractivity contribution >= 4 is 32.3 Å². The SMILES string of the molecule is Cc1ccc(S(C)(=O)=O)cc1NC(=O)c1c2c(nc3ccccc13)CCC2. The van der Waals surface area contributed by atoms with Gasteiger partial charge >= 0.3 is 0 Å². The van der Waals surface area contributed by atoms with E-state index < -0.39 is 9.84 Å². The maximum atomic E-state index is 13.2. The van der Waals surface area contributed by atoms with Gasteiger partial charge in [0.1, 0.15) is 0 Å². The third-order valence-corrected chi connectivity index (χ3v) is 6.14. The van der Waals surface area contributed by atoms with Crippen LogP contribution in [0, 0.1) is 6.92 Å². The van der Waals surface area contributed by atoms with Crippen LogP contribution >= 0.6 is 0 Å². The second-order valence-electron chi connectivity index (χ2n) is 6.99. The van der Waals surface area contributed by atoms with Crippen LogP contribution in [0.4, 0.5) is 5.69 Å². The molecular formula is C21H20N2O3S. The van der Waals surface area contributed by atoms with Crippen molar-refractivity contribution in [3.05, 3.63) is 64.8 Å². The molecule has 5 nitrogen and oxygen atoms in total. The molecule has 2 aromatic carbocycles. The normalized spacial score (nSPS) is 13.6. The standard InChI is InChI=1S/C21H20N2O3S/c1-13-10-11-14(27(2,25)26)12-19(13)23-21(24)20-15-6-3-4-8-17(15)22-18-9-5-7-16(18)20/h3-4,6,8,10-12H,5,7,9H2,1-2H3,(H,23,24). The van der Waals surface area contributed by atoms with Gasteiger partial charge in [-0.2, -0.15) is 0 Å². The highest BCUT2D eigenvalue weighted by Crippen LogP contribution is 2.31. The molecule has 138 valence electrons. The molecule has 0 unspecified atom stereocenters. The molecule has 0 bridgehead atoms. The van der Waals surface area contributed by atoms with Crippen molar-refractivity contribution in [3.8, 4) is 0 Å². The first-order valence-corrected chi connectivity index (χ1v) is 10.8. The molecule has 1 heterocycles. The molecule has 1 aliphatic rings. The number of amides is 1. The highest BCUT2D eigenvalue weighted by Gasteiger charge is 2.24. The highest BCUT2D eigenvalue weighted by molar-refractivity contribution is 7.90.